The van der Waals surface area contributed by atoms with Crippen molar-refractivity contribution < 1.29 is 13.2 Å². The van der Waals surface area contributed by atoms with Gasteiger partial charge in [-0.05, 0) is 43.7 Å². The molecule has 1 aromatic rings. The Morgan fingerprint density at radius 2 is 1.81 bits per heavy atom. The highest BCUT2D eigenvalue weighted by Gasteiger charge is 2.34. The predicted octanol–water partition coefficient (Wildman–Crippen LogP) is 1.47. The van der Waals surface area contributed by atoms with Crippen LogP contribution in [-0.4, -0.2) is 44.3 Å². The van der Waals surface area contributed by atoms with Crippen molar-refractivity contribution in [1.82, 2.24) is 9.62 Å². The molecule has 2 aliphatic rings. The Kier molecular flexibility index (Phi) is 6.32. The monoisotopic (exact) mass is 379 g/mol. The molecule has 1 aliphatic carbocycles. The number of benzene rings is 1. The van der Waals surface area contributed by atoms with Crippen LogP contribution < -0.4 is 11.1 Å². The molecule has 6 nitrogen and oxygen atoms in total. The van der Waals surface area contributed by atoms with Crippen LogP contribution in [0.3, 0.4) is 0 Å². The molecule has 1 amide bonds. The first-order valence-corrected chi connectivity index (χ1v) is 11.1. The molecule has 1 aliphatic heterocycles. The quantitative estimate of drug-likeness (QED) is 0.783. The summed E-state index contributed by atoms with van der Waals surface area (Å²) in [4.78, 5) is 12.5. The molecular weight excluding hydrogens is 350 g/mol. The largest absolute Gasteiger partial charge is 0.353 e. The van der Waals surface area contributed by atoms with Gasteiger partial charge in [-0.25, -0.2) is 12.7 Å². The van der Waals surface area contributed by atoms with E-state index in [2.05, 4.69) is 5.32 Å². The summed E-state index contributed by atoms with van der Waals surface area (Å²) in [7, 11) is -3.31. The molecule has 0 bridgehead atoms. The average molecular weight is 380 g/mol. The Balaban J connectivity index is 1.50. The van der Waals surface area contributed by atoms with Gasteiger partial charge in [-0.1, -0.05) is 36.8 Å². The van der Waals surface area contributed by atoms with Crippen LogP contribution in [0.1, 0.15) is 37.7 Å². The van der Waals surface area contributed by atoms with Crippen LogP contribution >= 0.6 is 0 Å². The van der Waals surface area contributed by atoms with Gasteiger partial charge >= 0.3 is 0 Å². The maximum absolute atomic E-state index is 12.6. The lowest BCUT2D eigenvalue weighted by molar-refractivity contribution is -0.126. The number of rotatable bonds is 6. The number of sulfonamides is 1. The second-order valence-corrected chi connectivity index (χ2v) is 9.43. The molecule has 0 radical (unpaired) electrons. The summed E-state index contributed by atoms with van der Waals surface area (Å²) in [6, 6.07) is 9.31. The fourth-order valence-electron chi connectivity index (χ4n) is 4.13. The predicted molar refractivity (Wildman–Crippen MR) is 102 cm³/mol. The summed E-state index contributed by atoms with van der Waals surface area (Å²) in [6.07, 6.45) is 4.35. The van der Waals surface area contributed by atoms with Crippen LogP contribution in [0.2, 0.25) is 0 Å². The van der Waals surface area contributed by atoms with Gasteiger partial charge in [0.25, 0.3) is 0 Å². The molecular formula is C19H29N3O3S. The van der Waals surface area contributed by atoms with E-state index >= 15 is 0 Å². The topological polar surface area (TPSA) is 92.5 Å². The van der Waals surface area contributed by atoms with E-state index in [1.54, 1.807) is 4.31 Å². The van der Waals surface area contributed by atoms with Crippen molar-refractivity contribution in [2.45, 2.75) is 43.9 Å². The molecule has 3 N–H and O–H groups in total. The second kappa shape index (κ2) is 8.50. The summed E-state index contributed by atoms with van der Waals surface area (Å²) < 4.78 is 26.8. The zero-order chi connectivity index (χ0) is 18.6. The van der Waals surface area contributed by atoms with Crippen molar-refractivity contribution in [3.05, 3.63) is 35.9 Å². The number of carbonyl (C=O) groups is 1. The number of nitrogens with zero attached hydrogens (tertiary/aromatic N) is 1. The van der Waals surface area contributed by atoms with Crippen LogP contribution in [0.15, 0.2) is 30.3 Å². The van der Waals surface area contributed by atoms with Gasteiger partial charge in [0, 0.05) is 25.0 Å². The van der Waals surface area contributed by atoms with E-state index in [0.29, 0.717) is 38.4 Å². The average Bonchev–Trinajstić information content (AvgIpc) is 3.11. The van der Waals surface area contributed by atoms with Crippen LogP contribution in [-0.2, 0) is 20.6 Å². The van der Waals surface area contributed by atoms with Crippen molar-refractivity contribution in [2.75, 3.05) is 19.6 Å². The Morgan fingerprint density at radius 3 is 2.46 bits per heavy atom. The molecule has 0 unspecified atom stereocenters. The lowest BCUT2D eigenvalue weighted by Crippen LogP contribution is -2.48. The van der Waals surface area contributed by atoms with Crippen molar-refractivity contribution in [3.63, 3.8) is 0 Å². The third kappa shape index (κ3) is 4.64. The number of carbonyl (C=O) groups excluding carboxylic acids is 1. The molecule has 1 saturated carbocycles. The van der Waals surface area contributed by atoms with E-state index in [0.717, 1.165) is 24.8 Å². The summed E-state index contributed by atoms with van der Waals surface area (Å²) >= 11 is 0. The molecule has 1 saturated heterocycles. The molecule has 1 aromatic carbocycles. The Morgan fingerprint density at radius 1 is 1.12 bits per heavy atom. The van der Waals surface area contributed by atoms with Gasteiger partial charge in [0.2, 0.25) is 15.9 Å². The van der Waals surface area contributed by atoms with Crippen molar-refractivity contribution in [2.24, 2.45) is 17.6 Å². The summed E-state index contributed by atoms with van der Waals surface area (Å²) in [5.74, 6) is 0.454. The van der Waals surface area contributed by atoms with Crippen molar-refractivity contribution in [3.8, 4) is 0 Å². The number of piperidine rings is 1. The van der Waals surface area contributed by atoms with Crippen LogP contribution in [0.25, 0.3) is 0 Å². The molecule has 2 atom stereocenters. The number of hydrogen-bond donors (Lipinski definition) is 2. The molecule has 2 fully saturated rings. The number of nitrogens with two attached hydrogens (primary N) is 1. The summed E-state index contributed by atoms with van der Waals surface area (Å²) in [5, 5.41) is 3.13. The zero-order valence-electron chi connectivity index (χ0n) is 15.1. The SMILES string of the molecule is NC[C@H]1CCC[C@H]1C(=O)NC1CCN(S(=O)(=O)Cc2ccccc2)CC1. The van der Waals surface area contributed by atoms with Gasteiger partial charge in [0.1, 0.15) is 0 Å². The first kappa shape index (κ1) is 19.3. The van der Waals surface area contributed by atoms with Crippen molar-refractivity contribution in [1.29, 1.82) is 0 Å². The number of nitrogens with one attached hydrogen (secondary N) is 1. The highest BCUT2D eigenvalue weighted by molar-refractivity contribution is 7.88. The van der Waals surface area contributed by atoms with Crippen LogP contribution in [0.5, 0.6) is 0 Å². The molecule has 3 rings (SSSR count). The van der Waals surface area contributed by atoms with Crippen LogP contribution in [0, 0.1) is 11.8 Å². The van der Waals surface area contributed by atoms with Gasteiger partial charge < -0.3 is 11.1 Å². The lowest BCUT2D eigenvalue weighted by atomic mass is 9.94. The lowest BCUT2D eigenvalue weighted by Gasteiger charge is -2.32. The molecule has 7 heteroatoms. The van der Waals surface area contributed by atoms with E-state index in [1.807, 2.05) is 30.3 Å². The normalized spacial score (nSPS) is 25.3. The number of amides is 1. The van der Waals surface area contributed by atoms with E-state index in [4.69, 9.17) is 5.73 Å². The minimum Gasteiger partial charge on any atom is -0.353 e. The van der Waals surface area contributed by atoms with Gasteiger partial charge in [-0.2, -0.15) is 0 Å². The van der Waals surface area contributed by atoms with Gasteiger partial charge in [-0.3, -0.25) is 4.79 Å². The maximum atomic E-state index is 12.6. The van der Waals surface area contributed by atoms with E-state index in [-0.39, 0.29) is 23.6 Å². The number of hydrogen-bond acceptors (Lipinski definition) is 4. The van der Waals surface area contributed by atoms with E-state index < -0.39 is 10.0 Å². The fourth-order valence-corrected chi connectivity index (χ4v) is 5.69. The van der Waals surface area contributed by atoms with Gasteiger partial charge in [-0.15, -0.1) is 0 Å². The summed E-state index contributed by atoms with van der Waals surface area (Å²) in [5.41, 5.74) is 6.57. The molecule has 0 spiro atoms. The molecule has 0 aromatic heterocycles. The second-order valence-electron chi connectivity index (χ2n) is 7.46. The minimum atomic E-state index is -3.31. The molecule has 26 heavy (non-hydrogen) atoms. The smallest absolute Gasteiger partial charge is 0.223 e. The Hall–Kier alpha value is -1.44. The molecule has 1 heterocycles. The Labute approximate surface area is 156 Å². The maximum Gasteiger partial charge on any atom is 0.223 e. The van der Waals surface area contributed by atoms with Gasteiger partial charge in [0.05, 0.1) is 5.75 Å². The van der Waals surface area contributed by atoms with Crippen molar-refractivity contribution >= 4 is 15.9 Å². The van der Waals surface area contributed by atoms with E-state index in [1.165, 1.54) is 0 Å². The Bertz CT molecular complexity index is 700. The fraction of sp³-hybridized carbons (Fsp3) is 0.632. The highest BCUT2D eigenvalue weighted by Crippen LogP contribution is 2.31. The first-order valence-electron chi connectivity index (χ1n) is 9.52. The van der Waals surface area contributed by atoms with E-state index in [9.17, 15) is 13.2 Å². The zero-order valence-corrected chi connectivity index (χ0v) is 16.0. The highest BCUT2D eigenvalue weighted by atomic mass is 32.2. The summed E-state index contributed by atoms with van der Waals surface area (Å²) in [6.45, 7) is 1.49. The van der Waals surface area contributed by atoms with Gasteiger partial charge in [0.15, 0.2) is 0 Å². The third-order valence-corrected chi connectivity index (χ3v) is 7.53. The standard InChI is InChI=1S/C19H29N3O3S/c20-13-16-7-4-8-18(16)19(23)21-17-9-11-22(12-10-17)26(24,25)14-15-5-2-1-3-6-15/h1-3,5-6,16-18H,4,7-14,20H2,(H,21,23)/t16-,18-/m1/s1. The third-order valence-electron chi connectivity index (χ3n) is 5.68. The first-order chi connectivity index (χ1) is 12.5. The molecule has 144 valence electrons. The minimum absolute atomic E-state index is 0.0276. The van der Waals surface area contributed by atoms with Crippen LogP contribution in [0.4, 0.5) is 0 Å².